The Kier molecular flexibility index (Phi) is 6.59. The molecule has 1 aromatic heterocycles. The minimum absolute atomic E-state index is 0.222. The number of anilines is 2. The summed E-state index contributed by atoms with van der Waals surface area (Å²) in [4.78, 5) is 8.37. The third-order valence-electron chi connectivity index (χ3n) is 4.76. The molecule has 0 bridgehead atoms. The van der Waals surface area contributed by atoms with Crippen molar-refractivity contribution in [1.82, 2.24) is 9.97 Å². The van der Waals surface area contributed by atoms with Crippen LogP contribution in [0.3, 0.4) is 0 Å². The van der Waals surface area contributed by atoms with Gasteiger partial charge in [-0.3, -0.25) is 0 Å². The van der Waals surface area contributed by atoms with E-state index in [-0.39, 0.29) is 5.95 Å². The molecule has 0 radical (unpaired) electrons. The molecule has 0 fully saturated rings. The van der Waals surface area contributed by atoms with Crippen molar-refractivity contribution >= 4 is 11.8 Å². The minimum atomic E-state index is 0.222. The lowest BCUT2D eigenvalue weighted by Crippen LogP contribution is -2.04. The summed E-state index contributed by atoms with van der Waals surface area (Å²) in [6.07, 6.45) is 7.72. The van der Waals surface area contributed by atoms with E-state index in [2.05, 4.69) is 48.1 Å². The fourth-order valence-electron chi connectivity index (χ4n) is 3.17. The summed E-state index contributed by atoms with van der Waals surface area (Å²) < 4.78 is 0. The number of rotatable bonds is 8. The zero-order valence-corrected chi connectivity index (χ0v) is 15.2. The quantitative estimate of drug-likeness (QED) is 0.663. The fraction of sp³-hybridized carbons (Fsp3) is 0.500. The number of unbranched alkanes of at least 4 members (excludes halogenated alkanes) is 3. The summed E-state index contributed by atoms with van der Waals surface area (Å²) in [5.41, 5.74) is 15.8. The molecule has 0 aliphatic carbocycles. The highest BCUT2D eigenvalue weighted by Crippen LogP contribution is 2.30. The van der Waals surface area contributed by atoms with Gasteiger partial charge in [-0.15, -0.1) is 0 Å². The zero-order chi connectivity index (χ0) is 17.5. The van der Waals surface area contributed by atoms with E-state index in [1.807, 2.05) is 6.92 Å². The van der Waals surface area contributed by atoms with Gasteiger partial charge in [-0.05, 0) is 31.2 Å². The fourth-order valence-corrected chi connectivity index (χ4v) is 3.17. The molecule has 0 aliphatic heterocycles. The van der Waals surface area contributed by atoms with Crippen molar-refractivity contribution in [2.45, 2.75) is 65.2 Å². The minimum Gasteiger partial charge on any atom is -0.383 e. The number of nitrogens with two attached hydrogens (primary N) is 2. The van der Waals surface area contributed by atoms with Crippen LogP contribution in [0.4, 0.5) is 11.8 Å². The predicted octanol–water partition coefficient (Wildman–Crippen LogP) is 5.08. The van der Waals surface area contributed by atoms with Crippen LogP contribution in [0.1, 0.15) is 69.4 Å². The summed E-state index contributed by atoms with van der Waals surface area (Å²) in [5.74, 6) is 1.31. The number of hydrogen-bond acceptors (Lipinski definition) is 4. The van der Waals surface area contributed by atoms with Crippen LogP contribution in [0, 0.1) is 6.92 Å². The maximum Gasteiger partial charge on any atom is 0.222 e. The number of nitrogen functional groups attached to an aromatic ring is 2. The Morgan fingerprint density at radius 3 is 2.29 bits per heavy atom. The van der Waals surface area contributed by atoms with Gasteiger partial charge < -0.3 is 11.5 Å². The highest BCUT2D eigenvalue weighted by Gasteiger charge is 2.12. The second-order valence-corrected chi connectivity index (χ2v) is 6.52. The van der Waals surface area contributed by atoms with Gasteiger partial charge in [0.05, 0.1) is 5.69 Å². The largest absolute Gasteiger partial charge is 0.383 e. The van der Waals surface area contributed by atoms with Gasteiger partial charge in [-0.25, -0.2) is 4.98 Å². The molecular weight excluding hydrogens is 296 g/mol. The van der Waals surface area contributed by atoms with Crippen LogP contribution in [-0.4, -0.2) is 9.97 Å². The zero-order valence-electron chi connectivity index (χ0n) is 15.2. The predicted molar refractivity (Wildman–Crippen MR) is 103 cm³/mol. The van der Waals surface area contributed by atoms with Gasteiger partial charge >= 0.3 is 0 Å². The van der Waals surface area contributed by atoms with Gasteiger partial charge in [-0.1, -0.05) is 63.8 Å². The molecule has 0 aliphatic rings. The van der Waals surface area contributed by atoms with Crippen LogP contribution in [0.2, 0.25) is 0 Å². The Hall–Kier alpha value is -2.10. The molecule has 4 nitrogen and oxygen atoms in total. The molecular formula is C20H30N4. The van der Waals surface area contributed by atoms with Crippen molar-refractivity contribution < 1.29 is 0 Å². The van der Waals surface area contributed by atoms with Crippen LogP contribution < -0.4 is 11.5 Å². The van der Waals surface area contributed by atoms with Crippen LogP contribution in [0.25, 0.3) is 11.3 Å². The van der Waals surface area contributed by atoms with E-state index in [1.54, 1.807) is 0 Å². The molecule has 24 heavy (non-hydrogen) atoms. The van der Waals surface area contributed by atoms with Gasteiger partial charge in [0.1, 0.15) is 5.82 Å². The Balaban J connectivity index is 2.15. The second kappa shape index (κ2) is 8.67. The van der Waals surface area contributed by atoms with Gasteiger partial charge in [0.15, 0.2) is 0 Å². The standard InChI is InChI=1S/C20H30N4/c1-4-6-7-8-9-15(5-2)16-10-12-17(13-11-16)18-14(3)19(21)24-20(22)23-18/h10-13,15H,4-9H2,1-3H3,(H4,21,22,23,24). The van der Waals surface area contributed by atoms with Crippen molar-refractivity contribution in [3.05, 3.63) is 35.4 Å². The van der Waals surface area contributed by atoms with E-state index < -0.39 is 0 Å². The summed E-state index contributed by atoms with van der Waals surface area (Å²) in [6.45, 7) is 6.46. The molecule has 130 valence electrons. The smallest absolute Gasteiger partial charge is 0.222 e. The van der Waals surface area contributed by atoms with Crippen LogP contribution >= 0.6 is 0 Å². The molecule has 0 amide bonds. The monoisotopic (exact) mass is 326 g/mol. The Bertz CT molecular complexity index is 649. The molecule has 1 atom stereocenters. The van der Waals surface area contributed by atoms with Crippen molar-refractivity contribution in [2.24, 2.45) is 0 Å². The van der Waals surface area contributed by atoms with Crippen molar-refractivity contribution in [3.8, 4) is 11.3 Å². The molecule has 0 spiro atoms. The Morgan fingerprint density at radius 1 is 0.958 bits per heavy atom. The van der Waals surface area contributed by atoms with Gasteiger partial charge in [0.25, 0.3) is 0 Å². The molecule has 1 aromatic carbocycles. The molecule has 4 N–H and O–H groups in total. The highest BCUT2D eigenvalue weighted by atomic mass is 15.0. The average molecular weight is 326 g/mol. The summed E-state index contributed by atoms with van der Waals surface area (Å²) >= 11 is 0. The third-order valence-corrected chi connectivity index (χ3v) is 4.76. The number of nitrogens with zero attached hydrogens (tertiary/aromatic N) is 2. The molecule has 0 saturated heterocycles. The topological polar surface area (TPSA) is 77.8 Å². The number of aromatic nitrogens is 2. The van der Waals surface area contributed by atoms with Crippen molar-refractivity contribution in [3.63, 3.8) is 0 Å². The van der Waals surface area contributed by atoms with E-state index >= 15 is 0 Å². The van der Waals surface area contributed by atoms with E-state index in [9.17, 15) is 0 Å². The van der Waals surface area contributed by atoms with Crippen LogP contribution in [0.15, 0.2) is 24.3 Å². The normalized spacial score (nSPS) is 12.3. The first-order valence-electron chi connectivity index (χ1n) is 9.06. The van der Waals surface area contributed by atoms with Gasteiger partial charge in [-0.2, -0.15) is 4.98 Å². The molecule has 2 aromatic rings. The Morgan fingerprint density at radius 2 is 1.67 bits per heavy atom. The second-order valence-electron chi connectivity index (χ2n) is 6.52. The lowest BCUT2D eigenvalue weighted by Gasteiger charge is -2.16. The first-order chi connectivity index (χ1) is 11.6. The SMILES string of the molecule is CCCCCCC(CC)c1ccc(-c2nc(N)nc(N)c2C)cc1. The van der Waals surface area contributed by atoms with E-state index in [1.165, 1.54) is 44.1 Å². The third kappa shape index (κ3) is 4.47. The van der Waals surface area contributed by atoms with Crippen molar-refractivity contribution in [1.29, 1.82) is 0 Å². The van der Waals surface area contributed by atoms with E-state index in [0.717, 1.165) is 16.8 Å². The number of benzene rings is 1. The molecule has 1 unspecified atom stereocenters. The maximum atomic E-state index is 5.91. The summed E-state index contributed by atoms with van der Waals surface area (Å²) in [7, 11) is 0. The lowest BCUT2D eigenvalue weighted by molar-refractivity contribution is 0.542. The maximum absolute atomic E-state index is 5.91. The van der Waals surface area contributed by atoms with Crippen LogP contribution in [-0.2, 0) is 0 Å². The van der Waals surface area contributed by atoms with E-state index in [0.29, 0.717) is 11.7 Å². The first kappa shape index (κ1) is 18.2. The Labute approximate surface area is 145 Å². The molecule has 4 heteroatoms. The molecule has 1 heterocycles. The van der Waals surface area contributed by atoms with Crippen LogP contribution in [0.5, 0.6) is 0 Å². The van der Waals surface area contributed by atoms with Crippen molar-refractivity contribution in [2.75, 3.05) is 11.5 Å². The summed E-state index contributed by atoms with van der Waals surface area (Å²) in [6, 6.07) is 8.69. The van der Waals surface area contributed by atoms with Gasteiger partial charge in [0.2, 0.25) is 5.95 Å². The average Bonchev–Trinajstić information content (AvgIpc) is 2.58. The molecule has 0 saturated carbocycles. The van der Waals surface area contributed by atoms with Gasteiger partial charge in [0, 0.05) is 11.1 Å². The highest BCUT2D eigenvalue weighted by molar-refractivity contribution is 5.68. The summed E-state index contributed by atoms with van der Waals surface area (Å²) in [5, 5.41) is 0. The van der Waals surface area contributed by atoms with E-state index in [4.69, 9.17) is 11.5 Å². The lowest BCUT2D eigenvalue weighted by atomic mass is 9.90. The molecule has 2 rings (SSSR count). The first-order valence-corrected chi connectivity index (χ1v) is 9.06. The number of hydrogen-bond donors (Lipinski definition) is 2.